The van der Waals surface area contributed by atoms with Crippen LogP contribution in [0.15, 0.2) is 0 Å². The molecule has 0 spiro atoms. The first-order valence-corrected chi connectivity index (χ1v) is 6.57. The van der Waals surface area contributed by atoms with Crippen molar-refractivity contribution < 1.29 is 18.0 Å². The fourth-order valence-corrected chi connectivity index (χ4v) is 2.59. The molecule has 1 unspecified atom stereocenters. The SMILES string of the molecule is CCC(CN1CCNCC1)S(=O)(=O)OO. The number of nitrogens with zero attached hydrogens (tertiary/aromatic N) is 1. The smallest absolute Gasteiger partial charge is 0.297 e. The highest BCUT2D eigenvalue weighted by atomic mass is 32.2. The van der Waals surface area contributed by atoms with E-state index in [9.17, 15) is 8.42 Å². The molecule has 1 fully saturated rings. The van der Waals surface area contributed by atoms with E-state index < -0.39 is 15.4 Å². The Hall–Kier alpha value is -0.210. The second-order valence-corrected chi connectivity index (χ2v) is 5.45. The third kappa shape index (κ3) is 3.69. The van der Waals surface area contributed by atoms with Gasteiger partial charge >= 0.3 is 0 Å². The van der Waals surface area contributed by atoms with Crippen LogP contribution in [-0.2, 0) is 14.5 Å². The number of hydrogen-bond acceptors (Lipinski definition) is 6. The van der Waals surface area contributed by atoms with Crippen LogP contribution in [0.1, 0.15) is 13.3 Å². The van der Waals surface area contributed by atoms with Gasteiger partial charge in [0.05, 0.1) is 0 Å². The highest BCUT2D eigenvalue weighted by Gasteiger charge is 2.27. The lowest BCUT2D eigenvalue weighted by Gasteiger charge is -2.29. The summed E-state index contributed by atoms with van der Waals surface area (Å²) >= 11 is 0. The van der Waals surface area contributed by atoms with Crippen molar-refractivity contribution >= 4 is 10.1 Å². The standard InChI is InChI=1S/C8H18N2O4S/c1-2-8(15(12,13)14-11)7-10-5-3-9-4-6-10/h8-9,11H,2-7H2,1H3. The Bertz CT molecular complexity index is 274. The number of piperazine rings is 1. The number of nitrogens with one attached hydrogen (secondary N) is 1. The number of hydrogen-bond donors (Lipinski definition) is 2. The molecule has 0 bridgehead atoms. The van der Waals surface area contributed by atoms with Gasteiger partial charge in [0.25, 0.3) is 10.1 Å². The summed E-state index contributed by atoms with van der Waals surface area (Å²) in [6, 6.07) is 0. The fourth-order valence-electron chi connectivity index (χ4n) is 1.67. The van der Waals surface area contributed by atoms with Crippen molar-refractivity contribution in [1.29, 1.82) is 0 Å². The largest absolute Gasteiger partial charge is 0.314 e. The van der Waals surface area contributed by atoms with Crippen molar-refractivity contribution in [2.75, 3.05) is 32.7 Å². The zero-order chi connectivity index (χ0) is 11.3. The molecule has 6 nitrogen and oxygen atoms in total. The van der Waals surface area contributed by atoms with Gasteiger partial charge in [-0.15, -0.1) is 4.33 Å². The van der Waals surface area contributed by atoms with E-state index in [-0.39, 0.29) is 0 Å². The van der Waals surface area contributed by atoms with Gasteiger partial charge in [-0.3, -0.25) is 4.90 Å². The summed E-state index contributed by atoms with van der Waals surface area (Å²) in [5, 5.41) is 10.8. The molecule has 0 saturated carbocycles. The molecule has 1 aliphatic heterocycles. The van der Waals surface area contributed by atoms with Gasteiger partial charge in [0.1, 0.15) is 5.25 Å². The van der Waals surface area contributed by atoms with Gasteiger partial charge in [0.15, 0.2) is 0 Å². The summed E-state index contributed by atoms with van der Waals surface area (Å²) in [6.07, 6.45) is 0.437. The molecule has 0 amide bonds. The lowest BCUT2D eigenvalue weighted by molar-refractivity contribution is -0.132. The molecule has 0 radical (unpaired) electrons. The third-order valence-corrected chi connectivity index (χ3v) is 4.15. The Balaban J connectivity index is 2.52. The zero-order valence-electron chi connectivity index (χ0n) is 8.85. The maximum atomic E-state index is 11.3. The van der Waals surface area contributed by atoms with Crippen LogP contribution in [0.5, 0.6) is 0 Å². The third-order valence-electron chi connectivity index (χ3n) is 2.64. The number of rotatable bonds is 5. The normalized spacial score (nSPS) is 21.5. The average molecular weight is 238 g/mol. The summed E-state index contributed by atoms with van der Waals surface area (Å²) in [5.74, 6) is 0. The predicted molar refractivity (Wildman–Crippen MR) is 56.0 cm³/mol. The van der Waals surface area contributed by atoms with E-state index in [1.54, 1.807) is 6.92 Å². The lowest BCUT2D eigenvalue weighted by Crippen LogP contribution is -2.47. The highest BCUT2D eigenvalue weighted by Crippen LogP contribution is 2.10. The Morgan fingerprint density at radius 1 is 1.47 bits per heavy atom. The summed E-state index contributed by atoms with van der Waals surface area (Å²) in [5.41, 5.74) is 0. The first kappa shape index (κ1) is 12.9. The Labute approximate surface area is 90.3 Å². The minimum atomic E-state index is -3.82. The zero-order valence-corrected chi connectivity index (χ0v) is 9.66. The van der Waals surface area contributed by atoms with E-state index in [1.165, 1.54) is 0 Å². The average Bonchev–Trinajstić information content (AvgIpc) is 2.27. The summed E-state index contributed by atoms with van der Waals surface area (Å²) in [6.45, 7) is 5.59. The maximum Gasteiger partial charge on any atom is 0.297 e. The lowest BCUT2D eigenvalue weighted by atomic mass is 10.3. The van der Waals surface area contributed by atoms with Crippen molar-refractivity contribution in [3.63, 3.8) is 0 Å². The second-order valence-electron chi connectivity index (χ2n) is 3.65. The summed E-state index contributed by atoms with van der Waals surface area (Å²) < 4.78 is 26.1. The Morgan fingerprint density at radius 3 is 2.53 bits per heavy atom. The molecule has 0 aromatic rings. The van der Waals surface area contributed by atoms with Crippen LogP contribution in [0, 0.1) is 0 Å². The van der Waals surface area contributed by atoms with Gasteiger partial charge in [-0.2, -0.15) is 8.42 Å². The summed E-state index contributed by atoms with van der Waals surface area (Å²) in [7, 11) is -3.82. The molecule has 7 heteroatoms. The van der Waals surface area contributed by atoms with E-state index in [2.05, 4.69) is 14.6 Å². The van der Waals surface area contributed by atoms with Crippen LogP contribution in [0.2, 0.25) is 0 Å². The molecular formula is C8H18N2O4S. The monoisotopic (exact) mass is 238 g/mol. The van der Waals surface area contributed by atoms with Crippen LogP contribution in [0.4, 0.5) is 0 Å². The van der Waals surface area contributed by atoms with Crippen LogP contribution >= 0.6 is 0 Å². The van der Waals surface area contributed by atoms with Gasteiger partial charge in [-0.05, 0) is 6.42 Å². The van der Waals surface area contributed by atoms with Crippen LogP contribution in [0.25, 0.3) is 0 Å². The van der Waals surface area contributed by atoms with Crippen molar-refractivity contribution in [2.24, 2.45) is 0 Å². The van der Waals surface area contributed by atoms with Crippen molar-refractivity contribution in [3.05, 3.63) is 0 Å². The minimum Gasteiger partial charge on any atom is -0.314 e. The molecule has 15 heavy (non-hydrogen) atoms. The Morgan fingerprint density at radius 2 is 2.07 bits per heavy atom. The van der Waals surface area contributed by atoms with Crippen LogP contribution < -0.4 is 5.32 Å². The molecule has 0 aromatic carbocycles. The van der Waals surface area contributed by atoms with E-state index in [0.717, 1.165) is 26.2 Å². The first-order valence-electron chi connectivity index (χ1n) is 5.10. The van der Waals surface area contributed by atoms with Crippen molar-refractivity contribution in [1.82, 2.24) is 10.2 Å². The van der Waals surface area contributed by atoms with Gasteiger partial charge in [0, 0.05) is 32.7 Å². The molecule has 1 aliphatic rings. The molecule has 1 atom stereocenters. The highest BCUT2D eigenvalue weighted by molar-refractivity contribution is 7.87. The van der Waals surface area contributed by atoms with E-state index >= 15 is 0 Å². The van der Waals surface area contributed by atoms with E-state index in [0.29, 0.717) is 13.0 Å². The van der Waals surface area contributed by atoms with E-state index in [1.807, 2.05) is 0 Å². The van der Waals surface area contributed by atoms with Crippen LogP contribution in [0.3, 0.4) is 0 Å². The van der Waals surface area contributed by atoms with Gasteiger partial charge in [0.2, 0.25) is 0 Å². The molecular weight excluding hydrogens is 220 g/mol. The maximum absolute atomic E-state index is 11.3. The van der Waals surface area contributed by atoms with Gasteiger partial charge in [-0.25, -0.2) is 5.26 Å². The topological polar surface area (TPSA) is 78.9 Å². The molecule has 1 heterocycles. The summed E-state index contributed by atoms with van der Waals surface area (Å²) in [4.78, 5) is 2.06. The quantitative estimate of drug-likeness (QED) is 0.496. The molecule has 1 saturated heterocycles. The fraction of sp³-hybridized carbons (Fsp3) is 1.00. The van der Waals surface area contributed by atoms with Crippen molar-refractivity contribution in [2.45, 2.75) is 18.6 Å². The minimum absolute atomic E-state index is 0.418. The second kappa shape index (κ2) is 5.76. The molecule has 1 rings (SSSR count). The molecule has 0 aromatic heterocycles. The molecule has 2 N–H and O–H groups in total. The van der Waals surface area contributed by atoms with Crippen molar-refractivity contribution in [3.8, 4) is 0 Å². The van der Waals surface area contributed by atoms with E-state index in [4.69, 9.17) is 5.26 Å². The molecule has 90 valence electrons. The first-order chi connectivity index (χ1) is 7.10. The predicted octanol–water partition coefficient (Wildman–Crippen LogP) is -0.510. The van der Waals surface area contributed by atoms with Gasteiger partial charge in [-0.1, -0.05) is 6.92 Å². The van der Waals surface area contributed by atoms with Gasteiger partial charge < -0.3 is 5.32 Å². The Kier molecular flexibility index (Phi) is 4.94. The molecule has 0 aliphatic carbocycles. The van der Waals surface area contributed by atoms with Crippen LogP contribution in [-0.4, -0.2) is 56.5 Å².